The van der Waals surface area contributed by atoms with Crippen LogP contribution in [0.5, 0.6) is 0 Å². The molecule has 0 aliphatic heterocycles. The van der Waals surface area contributed by atoms with E-state index in [0.29, 0.717) is 22.0 Å². The van der Waals surface area contributed by atoms with Crippen molar-refractivity contribution in [3.8, 4) is 0 Å². The number of halogens is 2. The summed E-state index contributed by atoms with van der Waals surface area (Å²) in [6.45, 7) is 0. The Morgan fingerprint density at radius 2 is 1.50 bits per heavy atom. The van der Waals surface area contributed by atoms with Crippen molar-refractivity contribution in [2.45, 2.75) is 18.9 Å². The van der Waals surface area contributed by atoms with Gasteiger partial charge in [-0.3, -0.25) is 0 Å². The van der Waals surface area contributed by atoms with Crippen LogP contribution in [0.1, 0.15) is 23.7 Å². The summed E-state index contributed by atoms with van der Waals surface area (Å²) in [6.07, 6.45) is 0.767. The van der Waals surface area contributed by atoms with Gasteiger partial charge in [0.05, 0.1) is 6.10 Å². The molecule has 3 heteroatoms. The van der Waals surface area contributed by atoms with Crippen LogP contribution in [0.4, 0.5) is 0 Å². The molecule has 0 aliphatic carbocycles. The van der Waals surface area contributed by atoms with Gasteiger partial charge in [-0.1, -0.05) is 59.6 Å². The summed E-state index contributed by atoms with van der Waals surface area (Å²) in [5.74, 6) is 0. The van der Waals surface area contributed by atoms with Crippen LogP contribution in [0.2, 0.25) is 10.0 Å². The number of hydrogen-bond acceptors (Lipinski definition) is 1. The van der Waals surface area contributed by atoms with E-state index < -0.39 is 6.10 Å². The number of aliphatic hydroxyl groups is 1. The van der Waals surface area contributed by atoms with E-state index in [1.165, 1.54) is 5.56 Å². The molecule has 1 unspecified atom stereocenters. The van der Waals surface area contributed by atoms with Crippen molar-refractivity contribution in [3.63, 3.8) is 0 Å². The zero-order valence-corrected chi connectivity index (χ0v) is 11.3. The van der Waals surface area contributed by atoms with Crippen LogP contribution >= 0.6 is 23.2 Å². The molecule has 0 bridgehead atoms. The second-order valence-electron chi connectivity index (χ2n) is 4.18. The van der Waals surface area contributed by atoms with E-state index in [9.17, 15) is 5.11 Å². The number of benzene rings is 2. The monoisotopic (exact) mass is 280 g/mol. The highest BCUT2D eigenvalue weighted by Gasteiger charge is 2.15. The Morgan fingerprint density at radius 3 is 2.11 bits per heavy atom. The van der Waals surface area contributed by atoms with E-state index in [4.69, 9.17) is 23.2 Å². The molecule has 1 atom stereocenters. The van der Waals surface area contributed by atoms with Crippen LogP contribution < -0.4 is 0 Å². The summed E-state index contributed by atoms with van der Waals surface area (Å²) in [7, 11) is 0. The van der Waals surface area contributed by atoms with Crippen molar-refractivity contribution in [2.24, 2.45) is 0 Å². The molecule has 0 saturated heterocycles. The Bertz CT molecular complexity index is 491. The van der Waals surface area contributed by atoms with Gasteiger partial charge in [0.25, 0.3) is 0 Å². The highest BCUT2D eigenvalue weighted by Crippen LogP contribution is 2.32. The molecule has 94 valence electrons. The zero-order valence-electron chi connectivity index (χ0n) is 9.81. The van der Waals surface area contributed by atoms with Gasteiger partial charge in [0, 0.05) is 15.6 Å². The number of hydrogen-bond donors (Lipinski definition) is 1. The molecule has 2 rings (SSSR count). The third kappa shape index (κ3) is 3.26. The van der Waals surface area contributed by atoms with Crippen molar-refractivity contribution in [1.82, 2.24) is 0 Å². The van der Waals surface area contributed by atoms with Gasteiger partial charge in [-0.25, -0.2) is 0 Å². The molecule has 0 aliphatic rings. The molecule has 0 amide bonds. The predicted molar refractivity (Wildman–Crippen MR) is 76.2 cm³/mol. The summed E-state index contributed by atoms with van der Waals surface area (Å²) in [5.41, 5.74) is 1.82. The zero-order chi connectivity index (χ0) is 13.0. The average Bonchev–Trinajstić information content (AvgIpc) is 2.37. The van der Waals surface area contributed by atoms with Crippen LogP contribution in [0.25, 0.3) is 0 Å². The third-order valence-electron chi connectivity index (χ3n) is 2.88. The number of aliphatic hydroxyl groups excluding tert-OH is 1. The minimum atomic E-state index is -0.633. The Morgan fingerprint density at radius 1 is 0.889 bits per heavy atom. The minimum absolute atomic E-state index is 0.517. The Labute approximate surface area is 117 Å². The molecule has 1 N–H and O–H groups in total. The Balaban J connectivity index is 2.06. The molecule has 0 heterocycles. The van der Waals surface area contributed by atoms with E-state index in [-0.39, 0.29) is 0 Å². The lowest BCUT2D eigenvalue weighted by molar-refractivity contribution is 0.168. The maximum Gasteiger partial charge on any atom is 0.0822 e. The third-order valence-corrected chi connectivity index (χ3v) is 3.54. The van der Waals surface area contributed by atoms with Crippen molar-refractivity contribution in [3.05, 3.63) is 69.7 Å². The number of aryl methyl sites for hydroxylation is 1. The van der Waals surface area contributed by atoms with E-state index in [1.807, 2.05) is 30.3 Å². The summed E-state index contributed by atoms with van der Waals surface area (Å²) in [4.78, 5) is 0. The molecule has 0 fully saturated rings. The van der Waals surface area contributed by atoms with Gasteiger partial charge in [-0.15, -0.1) is 0 Å². The normalized spacial score (nSPS) is 12.4. The van der Waals surface area contributed by atoms with Crippen LogP contribution in [-0.2, 0) is 6.42 Å². The van der Waals surface area contributed by atoms with Crippen molar-refractivity contribution in [2.75, 3.05) is 0 Å². The Hall–Kier alpha value is -1.02. The first kappa shape index (κ1) is 13.4. The first-order valence-corrected chi connectivity index (χ1v) is 6.60. The SMILES string of the molecule is OC(CCc1ccccc1)c1c(Cl)cccc1Cl. The molecular formula is C15H14Cl2O. The van der Waals surface area contributed by atoms with Crippen LogP contribution in [0.3, 0.4) is 0 Å². The second kappa shape index (κ2) is 6.24. The molecule has 0 saturated carbocycles. The fourth-order valence-electron chi connectivity index (χ4n) is 1.92. The first-order valence-electron chi connectivity index (χ1n) is 5.84. The summed E-state index contributed by atoms with van der Waals surface area (Å²) >= 11 is 12.1. The summed E-state index contributed by atoms with van der Waals surface area (Å²) in [5, 5.41) is 11.2. The summed E-state index contributed by atoms with van der Waals surface area (Å²) in [6, 6.07) is 15.3. The topological polar surface area (TPSA) is 20.2 Å². The van der Waals surface area contributed by atoms with Crippen molar-refractivity contribution >= 4 is 23.2 Å². The molecule has 0 aromatic heterocycles. The summed E-state index contributed by atoms with van der Waals surface area (Å²) < 4.78 is 0. The van der Waals surface area contributed by atoms with Gasteiger partial charge >= 0.3 is 0 Å². The molecular weight excluding hydrogens is 267 g/mol. The van der Waals surface area contributed by atoms with Crippen LogP contribution in [-0.4, -0.2) is 5.11 Å². The molecule has 2 aromatic carbocycles. The van der Waals surface area contributed by atoms with Crippen molar-refractivity contribution < 1.29 is 5.11 Å². The highest BCUT2D eigenvalue weighted by atomic mass is 35.5. The Kier molecular flexibility index (Phi) is 4.65. The second-order valence-corrected chi connectivity index (χ2v) is 4.99. The average molecular weight is 281 g/mol. The van der Waals surface area contributed by atoms with E-state index in [0.717, 1.165) is 6.42 Å². The van der Waals surface area contributed by atoms with Gasteiger partial charge in [0.1, 0.15) is 0 Å². The first-order chi connectivity index (χ1) is 8.68. The van der Waals surface area contributed by atoms with E-state index in [1.54, 1.807) is 18.2 Å². The van der Waals surface area contributed by atoms with Gasteiger partial charge in [0.2, 0.25) is 0 Å². The maximum absolute atomic E-state index is 10.2. The lowest BCUT2D eigenvalue weighted by Gasteiger charge is -2.14. The quantitative estimate of drug-likeness (QED) is 0.864. The molecule has 2 aromatic rings. The van der Waals surface area contributed by atoms with Crippen LogP contribution in [0.15, 0.2) is 48.5 Å². The van der Waals surface area contributed by atoms with Gasteiger partial charge in [0.15, 0.2) is 0 Å². The molecule has 1 nitrogen and oxygen atoms in total. The lowest BCUT2D eigenvalue weighted by atomic mass is 10.0. The van der Waals surface area contributed by atoms with E-state index in [2.05, 4.69) is 0 Å². The minimum Gasteiger partial charge on any atom is -0.388 e. The fraction of sp³-hybridized carbons (Fsp3) is 0.200. The fourth-order valence-corrected chi connectivity index (χ4v) is 2.57. The largest absolute Gasteiger partial charge is 0.388 e. The highest BCUT2D eigenvalue weighted by molar-refractivity contribution is 6.36. The molecule has 18 heavy (non-hydrogen) atoms. The van der Waals surface area contributed by atoms with Gasteiger partial charge < -0.3 is 5.11 Å². The van der Waals surface area contributed by atoms with Crippen LogP contribution in [0, 0.1) is 0 Å². The standard InChI is InChI=1S/C15H14Cl2O/c16-12-7-4-8-13(17)15(12)14(18)10-9-11-5-2-1-3-6-11/h1-8,14,18H,9-10H2. The van der Waals surface area contributed by atoms with Crippen molar-refractivity contribution in [1.29, 1.82) is 0 Å². The predicted octanol–water partition coefficient (Wildman–Crippen LogP) is 4.66. The molecule has 0 spiro atoms. The molecule has 0 radical (unpaired) electrons. The smallest absolute Gasteiger partial charge is 0.0822 e. The van der Waals surface area contributed by atoms with Gasteiger partial charge in [-0.05, 0) is 30.5 Å². The number of rotatable bonds is 4. The van der Waals surface area contributed by atoms with E-state index >= 15 is 0 Å². The lowest BCUT2D eigenvalue weighted by Crippen LogP contribution is -2.01. The van der Waals surface area contributed by atoms with Gasteiger partial charge in [-0.2, -0.15) is 0 Å². The maximum atomic E-state index is 10.2.